The fourth-order valence-electron chi connectivity index (χ4n) is 0.840. The summed E-state index contributed by atoms with van der Waals surface area (Å²) in [5, 5.41) is 6.84. The SMILES string of the molecule is CC#Cc1nn[c]cc1C(C)(F)F. The maximum absolute atomic E-state index is 12.9. The normalized spacial score (nSPS) is 10.5. The van der Waals surface area contributed by atoms with Crippen LogP contribution in [0.1, 0.15) is 25.1 Å². The predicted molar refractivity (Wildman–Crippen MR) is 43.0 cm³/mol. The molecule has 1 heterocycles. The zero-order chi connectivity index (χ0) is 9.90. The molecular formula is C9H7F2N2. The molecule has 0 saturated carbocycles. The molecule has 0 atom stereocenters. The largest absolute Gasteiger partial charge is 0.273 e. The fourth-order valence-corrected chi connectivity index (χ4v) is 0.840. The molecule has 0 aliphatic heterocycles. The predicted octanol–water partition coefficient (Wildman–Crippen LogP) is 1.76. The summed E-state index contributed by atoms with van der Waals surface area (Å²) < 4.78 is 25.8. The first-order chi connectivity index (χ1) is 6.05. The molecule has 0 fully saturated rings. The van der Waals surface area contributed by atoms with Gasteiger partial charge in [0.1, 0.15) is 11.9 Å². The number of nitrogens with zero attached hydrogens (tertiary/aromatic N) is 2. The average Bonchev–Trinajstić information content (AvgIpc) is 2.04. The molecule has 0 aliphatic rings. The van der Waals surface area contributed by atoms with Crippen molar-refractivity contribution in [3.8, 4) is 11.8 Å². The molecule has 67 valence electrons. The number of aromatic nitrogens is 2. The second-order valence-corrected chi connectivity index (χ2v) is 2.50. The summed E-state index contributed by atoms with van der Waals surface area (Å²) in [5.41, 5.74) is -0.231. The van der Waals surface area contributed by atoms with Gasteiger partial charge in [-0.1, -0.05) is 5.92 Å². The molecule has 2 nitrogen and oxygen atoms in total. The molecule has 0 amide bonds. The van der Waals surface area contributed by atoms with Crippen LogP contribution in [0.25, 0.3) is 0 Å². The van der Waals surface area contributed by atoms with Gasteiger partial charge in [0.05, 0.1) is 5.56 Å². The standard InChI is InChI=1S/C9H7F2N2/c1-3-4-8-7(9(2,10)11)5-6-12-13-8/h5H,1-2H3. The van der Waals surface area contributed by atoms with Crippen LogP contribution in [-0.2, 0) is 5.92 Å². The topological polar surface area (TPSA) is 25.8 Å². The number of rotatable bonds is 1. The van der Waals surface area contributed by atoms with Crippen molar-refractivity contribution >= 4 is 0 Å². The summed E-state index contributed by atoms with van der Waals surface area (Å²) in [7, 11) is 0. The Bertz CT molecular complexity index is 358. The first-order valence-corrected chi connectivity index (χ1v) is 3.60. The maximum atomic E-state index is 12.9. The monoisotopic (exact) mass is 181 g/mol. The highest BCUT2D eigenvalue weighted by Gasteiger charge is 2.27. The van der Waals surface area contributed by atoms with Crippen LogP contribution in [0.4, 0.5) is 8.78 Å². The highest BCUT2D eigenvalue weighted by Crippen LogP contribution is 2.27. The quantitative estimate of drug-likeness (QED) is 0.617. The molecule has 0 spiro atoms. The Morgan fingerprint density at radius 1 is 1.54 bits per heavy atom. The third-order valence-corrected chi connectivity index (χ3v) is 1.39. The van der Waals surface area contributed by atoms with Gasteiger partial charge in [-0.2, -0.15) is 0 Å². The lowest BCUT2D eigenvalue weighted by molar-refractivity contribution is 0.0166. The Kier molecular flexibility index (Phi) is 2.57. The lowest BCUT2D eigenvalue weighted by Gasteiger charge is -2.10. The summed E-state index contributed by atoms with van der Waals surface area (Å²) in [6.07, 6.45) is 2.26. The van der Waals surface area contributed by atoms with Gasteiger partial charge in [-0.15, -0.1) is 10.2 Å². The molecule has 0 bridgehead atoms. The van der Waals surface area contributed by atoms with Crippen LogP contribution in [0.3, 0.4) is 0 Å². The molecule has 1 radical (unpaired) electrons. The first-order valence-electron chi connectivity index (χ1n) is 3.60. The molecule has 0 aromatic carbocycles. The van der Waals surface area contributed by atoms with Crippen molar-refractivity contribution in [1.82, 2.24) is 10.2 Å². The van der Waals surface area contributed by atoms with E-state index >= 15 is 0 Å². The lowest BCUT2D eigenvalue weighted by atomic mass is 10.1. The van der Waals surface area contributed by atoms with Crippen LogP contribution in [0.2, 0.25) is 0 Å². The minimum atomic E-state index is -2.95. The highest BCUT2D eigenvalue weighted by molar-refractivity contribution is 5.35. The molecule has 0 unspecified atom stereocenters. The Morgan fingerprint density at radius 3 is 2.77 bits per heavy atom. The van der Waals surface area contributed by atoms with Crippen LogP contribution in [0, 0.1) is 18.0 Å². The Hall–Kier alpha value is -1.50. The van der Waals surface area contributed by atoms with Crippen molar-refractivity contribution in [1.29, 1.82) is 0 Å². The zero-order valence-electron chi connectivity index (χ0n) is 7.23. The van der Waals surface area contributed by atoms with E-state index in [4.69, 9.17) is 0 Å². The van der Waals surface area contributed by atoms with Gasteiger partial charge < -0.3 is 0 Å². The number of halogens is 2. The van der Waals surface area contributed by atoms with E-state index in [-0.39, 0.29) is 11.3 Å². The first kappa shape index (κ1) is 9.59. The van der Waals surface area contributed by atoms with E-state index in [1.165, 1.54) is 0 Å². The van der Waals surface area contributed by atoms with Crippen molar-refractivity contribution in [3.05, 3.63) is 23.5 Å². The molecular weight excluding hydrogens is 174 g/mol. The van der Waals surface area contributed by atoms with E-state index < -0.39 is 5.92 Å². The van der Waals surface area contributed by atoms with Gasteiger partial charge in [-0.25, -0.2) is 8.78 Å². The van der Waals surface area contributed by atoms with Crippen LogP contribution in [0.5, 0.6) is 0 Å². The highest BCUT2D eigenvalue weighted by atomic mass is 19.3. The second-order valence-electron chi connectivity index (χ2n) is 2.50. The molecule has 1 aromatic heterocycles. The zero-order valence-corrected chi connectivity index (χ0v) is 7.23. The van der Waals surface area contributed by atoms with Crippen molar-refractivity contribution in [2.75, 3.05) is 0 Å². The van der Waals surface area contributed by atoms with Crippen LogP contribution >= 0.6 is 0 Å². The fraction of sp³-hybridized carbons (Fsp3) is 0.333. The van der Waals surface area contributed by atoms with Gasteiger partial charge in [-0.05, 0) is 18.9 Å². The van der Waals surface area contributed by atoms with Crippen molar-refractivity contribution < 1.29 is 8.78 Å². The van der Waals surface area contributed by atoms with Crippen molar-refractivity contribution in [2.24, 2.45) is 0 Å². The summed E-state index contributed by atoms with van der Waals surface area (Å²) >= 11 is 0. The van der Waals surface area contributed by atoms with E-state index in [2.05, 4.69) is 28.2 Å². The van der Waals surface area contributed by atoms with Crippen LogP contribution < -0.4 is 0 Å². The summed E-state index contributed by atoms with van der Waals surface area (Å²) in [5.74, 6) is 2.00. The molecule has 13 heavy (non-hydrogen) atoms. The van der Waals surface area contributed by atoms with Crippen LogP contribution in [0.15, 0.2) is 6.07 Å². The molecule has 4 heteroatoms. The number of hydrogen-bond donors (Lipinski definition) is 0. The van der Waals surface area contributed by atoms with Crippen LogP contribution in [-0.4, -0.2) is 10.2 Å². The third kappa shape index (κ3) is 2.22. The third-order valence-electron chi connectivity index (χ3n) is 1.39. The van der Waals surface area contributed by atoms with Crippen molar-refractivity contribution in [2.45, 2.75) is 19.8 Å². The van der Waals surface area contributed by atoms with E-state index in [1.54, 1.807) is 6.92 Å². The van der Waals surface area contributed by atoms with Gasteiger partial charge in [0.2, 0.25) is 0 Å². The second kappa shape index (κ2) is 3.48. The Morgan fingerprint density at radius 2 is 2.23 bits per heavy atom. The summed E-state index contributed by atoms with van der Waals surface area (Å²) in [6, 6.07) is 1.10. The van der Waals surface area contributed by atoms with E-state index in [0.29, 0.717) is 0 Å². The molecule has 0 saturated heterocycles. The maximum Gasteiger partial charge on any atom is 0.273 e. The Balaban J connectivity index is 3.25. The van der Waals surface area contributed by atoms with Gasteiger partial charge in [0, 0.05) is 6.92 Å². The molecule has 0 N–H and O–H groups in total. The number of hydrogen-bond acceptors (Lipinski definition) is 2. The summed E-state index contributed by atoms with van der Waals surface area (Å²) in [4.78, 5) is 0. The van der Waals surface area contributed by atoms with E-state index in [9.17, 15) is 8.78 Å². The minimum Gasteiger partial charge on any atom is -0.202 e. The van der Waals surface area contributed by atoms with Gasteiger partial charge in [0.25, 0.3) is 5.92 Å². The minimum absolute atomic E-state index is 0.00810. The van der Waals surface area contributed by atoms with Crippen molar-refractivity contribution in [3.63, 3.8) is 0 Å². The Labute approximate surface area is 75.0 Å². The average molecular weight is 181 g/mol. The van der Waals surface area contributed by atoms with E-state index in [1.807, 2.05) is 0 Å². The number of alkyl halides is 2. The molecule has 1 rings (SSSR count). The molecule has 0 aliphatic carbocycles. The van der Waals surface area contributed by atoms with E-state index in [0.717, 1.165) is 13.0 Å². The lowest BCUT2D eigenvalue weighted by Crippen LogP contribution is -2.11. The van der Waals surface area contributed by atoms with Gasteiger partial charge in [0.15, 0.2) is 0 Å². The molecule has 1 aromatic rings. The smallest absolute Gasteiger partial charge is 0.202 e. The van der Waals surface area contributed by atoms with Gasteiger partial charge >= 0.3 is 0 Å². The van der Waals surface area contributed by atoms with Gasteiger partial charge in [-0.3, -0.25) is 0 Å². The summed E-state index contributed by atoms with van der Waals surface area (Å²) in [6.45, 7) is 2.34.